The summed E-state index contributed by atoms with van der Waals surface area (Å²) in [5, 5.41) is 0. The Labute approximate surface area is 102 Å². The maximum absolute atomic E-state index is 6.04. The normalized spacial score (nSPS) is 12.8. The van der Waals surface area contributed by atoms with Crippen molar-refractivity contribution in [3.8, 4) is 0 Å². The Hall–Kier alpha value is -1.61. The van der Waals surface area contributed by atoms with Gasteiger partial charge in [0.25, 0.3) is 0 Å². The maximum Gasteiger partial charge on any atom is 0.111 e. The minimum absolute atomic E-state index is 0.106. The number of aryl methyl sites for hydroxylation is 1. The zero-order chi connectivity index (χ0) is 12.3. The van der Waals surface area contributed by atoms with E-state index >= 15 is 0 Å². The molecule has 1 aromatic carbocycles. The Morgan fingerprint density at radius 3 is 2.94 bits per heavy atom. The van der Waals surface area contributed by atoms with Crippen molar-refractivity contribution in [2.24, 2.45) is 5.73 Å². The first kappa shape index (κ1) is 11.9. The molecular weight excluding hydrogens is 210 g/mol. The molecular formula is C14H19N3. The van der Waals surface area contributed by atoms with Crippen molar-refractivity contribution in [1.82, 2.24) is 9.55 Å². The fourth-order valence-electron chi connectivity index (χ4n) is 2.17. The smallest absolute Gasteiger partial charge is 0.111 e. The average molecular weight is 229 g/mol. The molecule has 17 heavy (non-hydrogen) atoms. The van der Waals surface area contributed by atoms with Crippen molar-refractivity contribution < 1.29 is 0 Å². The molecule has 2 rings (SSSR count). The van der Waals surface area contributed by atoms with Gasteiger partial charge in [0.2, 0.25) is 0 Å². The van der Waals surface area contributed by atoms with Crippen LogP contribution in [0.15, 0.2) is 36.9 Å². The monoisotopic (exact) mass is 229 g/mol. The van der Waals surface area contributed by atoms with Crippen molar-refractivity contribution in [2.75, 3.05) is 0 Å². The van der Waals surface area contributed by atoms with E-state index in [1.54, 1.807) is 0 Å². The number of para-hydroxylation sites is 2. The summed E-state index contributed by atoms with van der Waals surface area (Å²) >= 11 is 0. The van der Waals surface area contributed by atoms with Crippen LogP contribution >= 0.6 is 0 Å². The molecule has 0 bridgehead atoms. The van der Waals surface area contributed by atoms with Crippen molar-refractivity contribution in [2.45, 2.75) is 32.4 Å². The van der Waals surface area contributed by atoms with E-state index in [1.807, 2.05) is 24.3 Å². The van der Waals surface area contributed by atoms with Crippen LogP contribution in [0.4, 0.5) is 0 Å². The van der Waals surface area contributed by atoms with E-state index in [0.717, 1.165) is 30.7 Å². The quantitative estimate of drug-likeness (QED) is 0.801. The highest BCUT2D eigenvalue weighted by Crippen LogP contribution is 2.17. The molecule has 3 nitrogen and oxygen atoms in total. The molecule has 2 N–H and O–H groups in total. The third-order valence-corrected chi connectivity index (χ3v) is 2.96. The minimum atomic E-state index is 0.106. The summed E-state index contributed by atoms with van der Waals surface area (Å²) in [6, 6.07) is 8.32. The standard InChI is InChI=1S/C14H19N3/c1-3-7-11(15)10-14-16-12-8-5-6-9-13(12)17(14)4-2/h3,5-6,8-9,11H,1,4,7,10,15H2,2H3. The number of imidazole rings is 1. The first-order valence-corrected chi connectivity index (χ1v) is 6.06. The van der Waals surface area contributed by atoms with Gasteiger partial charge in [0.15, 0.2) is 0 Å². The topological polar surface area (TPSA) is 43.8 Å². The van der Waals surface area contributed by atoms with Crippen molar-refractivity contribution in [3.63, 3.8) is 0 Å². The van der Waals surface area contributed by atoms with Crippen molar-refractivity contribution in [1.29, 1.82) is 0 Å². The summed E-state index contributed by atoms with van der Waals surface area (Å²) < 4.78 is 2.23. The highest BCUT2D eigenvalue weighted by atomic mass is 15.1. The molecule has 0 saturated heterocycles. The largest absolute Gasteiger partial charge is 0.328 e. The lowest BCUT2D eigenvalue weighted by molar-refractivity contribution is 0.617. The van der Waals surface area contributed by atoms with Crippen LogP contribution < -0.4 is 5.73 Å². The number of fused-ring (bicyclic) bond motifs is 1. The van der Waals surface area contributed by atoms with Crippen LogP contribution in [0.5, 0.6) is 0 Å². The molecule has 0 fully saturated rings. The Bertz CT molecular complexity index is 513. The van der Waals surface area contributed by atoms with Crippen LogP contribution in [0.1, 0.15) is 19.2 Å². The molecule has 90 valence electrons. The first-order chi connectivity index (χ1) is 8.26. The lowest BCUT2D eigenvalue weighted by Crippen LogP contribution is -2.23. The lowest BCUT2D eigenvalue weighted by atomic mass is 10.1. The predicted molar refractivity (Wildman–Crippen MR) is 71.9 cm³/mol. The molecule has 0 radical (unpaired) electrons. The number of hydrogen-bond acceptors (Lipinski definition) is 2. The van der Waals surface area contributed by atoms with Gasteiger partial charge in [-0.2, -0.15) is 0 Å². The third kappa shape index (κ3) is 2.39. The first-order valence-electron chi connectivity index (χ1n) is 6.06. The molecule has 1 heterocycles. The minimum Gasteiger partial charge on any atom is -0.328 e. The van der Waals surface area contributed by atoms with Gasteiger partial charge in [-0.05, 0) is 25.5 Å². The molecule has 3 heteroatoms. The fraction of sp³-hybridized carbons (Fsp3) is 0.357. The molecule has 0 spiro atoms. The number of rotatable bonds is 5. The second-order valence-electron chi connectivity index (χ2n) is 4.25. The van der Waals surface area contributed by atoms with Crippen LogP contribution in [0.25, 0.3) is 11.0 Å². The van der Waals surface area contributed by atoms with E-state index in [1.165, 1.54) is 5.52 Å². The van der Waals surface area contributed by atoms with Crippen LogP contribution in [0.3, 0.4) is 0 Å². The van der Waals surface area contributed by atoms with Crippen molar-refractivity contribution >= 4 is 11.0 Å². The van der Waals surface area contributed by atoms with Crippen LogP contribution in [0.2, 0.25) is 0 Å². The van der Waals surface area contributed by atoms with Gasteiger partial charge in [0.05, 0.1) is 11.0 Å². The van der Waals surface area contributed by atoms with E-state index in [2.05, 4.69) is 29.1 Å². The van der Waals surface area contributed by atoms with E-state index in [0.29, 0.717) is 0 Å². The van der Waals surface area contributed by atoms with Gasteiger partial charge in [0, 0.05) is 19.0 Å². The summed E-state index contributed by atoms with van der Waals surface area (Å²) in [5.41, 5.74) is 8.28. The molecule has 0 amide bonds. The number of nitrogens with two attached hydrogens (primary N) is 1. The van der Waals surface area contributed by atoms with Crippen LogP contribution in [-0.4, -0.2) is 15.6 Å². The highest BCUT2D eigenvalue weighted by Gasteiger charge is 2.11. The average Bonchev–Trinajstić information content (AvgIpc) is 2.66. The summed E-state index contributed by atoms with van der Waals surface area (Å²) in [7, 11) is 0. The molecule has 1 unspecified atom stereocenters. The van der Waals surface area contributed by atoms with Crippen molar-refractivity contribution in [3.05, 3.63) is 42.7 Å². The highest BCUT2D eigenvalue weighted by molar-refractivity contribution is 5.75. The van der Waals surface area contributed by atoms with Crippen LogP contribution in [-0.2, 0) is 13.0 Å². The van der Waals surface area contributed by atoms with Gasteiger partial charge in [-0.15, -0.1) is 6.58 Å². The van der Waals surface area contributed by atoms with Gasteiger partial charge in [0.1, 0.15) is 5.82 Å². The third-order valence-electron chi connectivity index (χ3n) is 2.96. The Kier molecular flexibility index (Phi) is 3.59. The predicted octanol–water partition coefficient (Wildman–Crippen LogP) is 2.50. The second kappa shape index (κ2) is 5.15. The summed E-state index contributed by atoms with van der Waals surface area (Å²) in [5.74, 6) is 1.07. The van der Waals surface area contributed by atoms with E-state index in [4.69, 9.17) is 5.73 Å². The molecule has 1 atom stereocenters. The van der Waals surface area contributed by atoms with Gasteiger partial charge in [-0.1, -0.05) is 18.2 Å². The summed E-state index contributed by atoms with van der Waals surface area (Å²) in [6.45, 7) is 6.78. The van der Waals surface area contributed by atoms with Crippen LogP contribution in [0, 0.1) is 0 Å². The van der Waals surface area contributed by atoms with Gasteiger partial charge in [-0.3, -0.25) is 0 Å². The molecule has 0 saturated carbocycles. The van der Waals surface area contributed by atoms with Gasteiger partial charge >= 0.3 is 0 Å². The number of benzene rings is 1. The summed E-state index contributed by atoms with van der Waals surface area (Å²) in [6.07, 6.45) is 3.49. The number of hydrogen-bond donors (Lipinski definition) is 1. The number of aromatic nitrogens is 2. The lowest BCUT2D eigenvalue weighted by Gasteiger charge is -2.10. The van der Waals surface area contributed by atoms with E-state index in [-0.39, 0.29) is 6.04 Å². The zero-order valence-corrected chi connectivity index (χ0v) is 10.3. The molecule has 0 aliphatic rings. The molecule has 0 aliphatic carbocycles. The number of nitrogens with zero attached hydrogens (tertiary/aromatic N) is 2. The zero-order valence-electron chi connectivity index (χ0n) is 10.3. The molecule has 1 aromatic heterocycles. The molecule has 0 aliphatic heterocycles. The second-order valence-corrected chi connectivity index (χ2v) is 4.25. The SMILES string of the molecule is C=CCC(N)Cc1nc2ccccc2n1CC. The summed E-state index contributed by atoms with van der Waals surface area (Å²) in [4.78, 5) is 4.65. The van der Waals surface area contributed by atoms with E-state index in [9.17, 15) is 0 Å². The van der Waals surface area contributed by atoms with Gasteiger partial charge < -0.3 is 10.3 Å². The fourth-order valence-corrected chi connectivity index (χ4v) is 2.17. The maximum atomic E-state index is 6.04. The van der Waals surface area contributed by atoms with Gasteiger partial charge in [-0.25, -0.2) is 4.98 Å². The Morgan fingerprint density at radius 1 is 1.47 bits per heavy atom. The Morgan fingerprint density at radius 2 is 2.24 bits per heavy atom. The Balaban J connectivity index is 2.36. The molecule has 2 aromatic rings. The van der Waals surface area contributed by atoms with E-state index < -0.39 is 0 Å².